The molecular formula is C19H22ClN3O4. The number of pyridine rings is 1. The second-order valence-electron chi connectivity index (χ2n) is 7.52. The van der Waals surface area contributed by atoms with Crippen molar-refractivity contribution in [2.24, 2.45) is 11.7 Å². The molecule has 2 aliphatic heterocycles. The summed E-state index contributed by atoms with van der Waals surface area (Å²) in [5, 5.41) is -0.422. The Bertz CT molecular complexity index is 780. The van der Waals surface area contributed by atoms with E-state index in [0.717, 1.165) is 25.7 Å². The van der Waals surface area contributed by atoms with E-state index in [9.17, 15) is 14.4 Å². The standard InChI is InChI=1S/C19H22ClN3O4/c20-12-8-23(16-13(24)9-27-17(12)16)19(26)14(10-4-1-2-5-10)15-11(18(21)25)6-3-7-22-15/h3,6-7,10,12,14,16-17H,1-2,4-5,8-9H2,(H2,21,25)/t12-,14-,16+,17+/m0/s1. The fraction of sp³-hybridized carbons (Fsp3) is 0.579. The Labute approximate surface area is 162 Å². The number of amides is 2. The Kier molecular flexibility index (Phi) is 4.90. The Morgan fingerprint density at radius 1 is 1.33 bits per heavy atom. The van der Waals surface area contributed by atoms with Crippen molar-refractivity contribution in [3.05, 3.63) is 29.6 Å². The van der Waals surface area contributed by atoms with Gasteiger partial charge in [0.15, 0.2) is 5.78 Å². The Morgan fingerprint density at radius 3 is 2.78 bits per heavy atom. The fourth-order valence-electron chi connectivity index (χ4n) is 4.71. The van der Waals surface area contributed by atoms with Gasteiger partial charge < -0.3 is 15.4 Å². The van der Waals surface area contributed by atoms with Crippen LogP contribution >= 0.6 is 11.6 Å². The number of nitrogens with two attached hydrogens (primary N) is 1. The topological polar surface area (TPSA) is 103 Å². The van der Waals surface area contributed by atoms with Gasteiger partial charge in [0.1, 0.15) is 18.8 Å². The number of Topliss-reactive ketones (excluding diaryl/α,β-unsaturated/α-hetero) is 1. The van der Waals surface area contributed by atoms with E-state index in [2.05, 4.69) is 4.98 Å². The molecule has 144 valence electrons. The van der Waals surface area contributed by atoms with Crippen LogP contribution in [0.2, 0.25) is 0 Å². The molecule has 0 radical (unpaired) electrons. The van der Waals surface area contributed by atoms with Gasteiger partial charge in [0, 0.05) is 12.7 Å². The van der Waals surface area contributed by atoms with Crippen molar-refractivity contribution in [3.8, 4) is 0 Å². The first kappa shape index (κ1) is 18.4. The number of hydrogen-bond acceptors (Lipinski definition) is 5. The molecule has 0 aromatic carbocycles. The number of hydrogen-bond donors (Lipinski definition) is 1. The number of ether oxygens (including phenoxy) is 1. The minimum Gasteiger partial charge on any atom is -0.366 e. The maximum atomic E-state index is 13.6. The van der Waals surface area contributed by atoms with Gasteiger partial charge in [-0.1, -0.05) is 12.8 Å². The number of halogens is 1. The van der Waals surface area contributed by atoms with E-state index in [1.54, 1.807) is 23.2 Å². The highest BCUT2D eigenvalue weighted by atomic mass is 35.5. The summed E-state index contributed by atoms with van der Waals surface area (Å²) in [4.78, 5) is 43.8. The van der Waals surface area contributed by atoms with E-state index < -0.39 is 29.3 Å². The van der Waals surface area contributed by atoms with Crippen molar-refractivity contribution in [1.82, 2.24) is 9.88 Å². The normalized spacial score (nSPS) is 29.1. The molecule has 0 unspecified atom stereocenters. The second kappa shape index (κ2) is 7.20. The Morgan fingerprint density at radius 2 is 2.07 bits per heavy atom. The number of likely N-dealkylation sites (tertiary alicyclic amines) is 1. The first-order valence-corrected chi connectivity index (χ1v) is 9.76. The van der Waals surface area contributed by atoms with Gasteiger partial charge in [-0.3, -0.25) is 19.4 Å². The van der Waals surface area contributed by atoms with Crippen LogP contribution in [0.5, 0.6) is 0 Å². The summed E-state index contributed by atoms with van der Waals surface area (Å²) < 4.78 is 5.49. The van der Waals surface area contributed by atoms with Crippen molar-refractivity contribution < 1.29 is 19.1 Å². The Balaban J connectivity index is 1.73. The average molecular weight is 392 g/mol. The Hall–Kier alpha value is -1.99. The van der Waals surface area contributed by atoms with Crippen LogP contribution in [-0.4, -0.2) is 58.2 Å². The summed E-state index contributed by atoms with van der Waals surface area (Å²) in [6, 6.07) is 2.58. The smallest absolute Gasteiger partial charge is 0.250 e. The summed E-state index contributed by atoms with van der Waals surface area (Å²) in [6.45, 7) is 0.232. The van der Waals surface area contributed by atoms with Crippen molar-refractivity contribution in [3.63, 3.8) is 0 Å². The molecule has 0 bridgehead atoms. The number of aromatic nitrogens is 1. The average Bonchev–Trinajstić information content (AvgIpc) is 3.36. The van der Waals surface area contributed by atoms with E-state index in [0.29, 0.717) is 5.69 Å². The van der Waals surface area contributed by atoms with Crippen LogP contribution in [-0.2, 0) is 14.3 Å². The van der Waals surface area contributed by atoms with Crippen LogP contribution in [0.4, 0.5) is 0 Å². The number of carbonyl (C=O) groups excluding carboxylic acids is 3. The number of nitrogens with zero attached hydrogens (tertiary/aromatic N) is 2. The second-order valence-corrected chi connectivity index (χ2v) is 8.08. The minimum atomic E-state index is -0.648. The molecule has 27 heavy (non-hydrogen) atoms. The van der Waals surface area contributed by atoms with E-state index in [4.69, 9.17) is 22.1 Å². The van der Waals surface area contributed by atoms with Crippen LogP contribution in [0.1, 0.15) is 47.7 Å². The monoisotopic (exact) mass is 391 g/mol. The number of carbonyl (C=O) groups is 3. The summed E-state index contributed by atoms with van der Waals surface area (Å²) >= 11 is 6.35. The zero-order valence-electron chi connectivity index (χ0n) is 14.8. The number of rotatable bonds is 4. The van der Waals surface area contributed by atoms with Gasteiger partial charge in [-0.15, -0.1) is 11.6 Å². The molecule has 2 amide bonds. The molecule has 4 atom stereocenters. The molecule has 1 aromatic rings. The molecule has 7 nitrogen and oxygen atoms in total. The molecule has 1 saturated carbocycles. The maximum Gasteiger partial charge on any atom is 0.250 e. The van der Waals surface area contributed by atoms with Crippen LogP contribution in [0.25, 0.3) is 0 Å². The predicted molar refractivity (Wildman–Crippen MR) is 97.3 cm³/mol. The lowest BCUT2D eigenvalue weighted by Crippen LogP contribution is -2.45. The summed E-state index contributed by atoms with van der Waals surface area (Å²) in [5.74, 6) is -1.48. The SMILES string of the molecule is NC(=O)c1cccnc1[C@@H](C(=O)N1C[C@H](Cl)[C@H]2OCC(=O)[C@H]21)C1CCCC1. The molecule has 3 heterocycles. The van der Waals surface area contributed by atoms with E-state index >= 15 is 0 Å². The number of fused-ring (bicyclic) bond motifs is 1. The van der Waals surface area contributed by atoms with E-state index in [-0.39, 0.29) is 36.3 Å². The summed E-state index contributed by atoms with van der Waals surface area (Å²) in [6.07, 6.45) is 4.91. The molecule has 8 heteroatoms. The highest BCUT2D eigenvalue weighted by Crippen LogP contribution is 2.41. The quantitative estimate of drug-likeness (QED) is 0.778. The van der Waals surface area contributed by atoms with Gasteiger partial charge in [-0.25, -0.2) is 0 Å². The van der Waals surface area contributed by atoms with Crippen molar-refractivity contribution in [1.29, 1.82) is 0 Å². The molecule has 1 aliphatic carbocycles. The number of ketones is 1. The number of primary amides is 1. The van der Waals surface area contributed by atoms with Gasteiger partial charge in [-0.2, -0.15) is 0 Å². The fourth-order valence-corrected chi connectivity index (χ4v) is 5.07. The van der Waals surface area contributed by atoms with Crippen LogP contribution < -0.4 is 5.73 Å². The largest absolute Gasteiger partial charge is 0.366 e. The van der Waals surface area contributed by atoms with Crippen LogP contribution in [0, 0.1) is 5.92 Å². The first-order valence-electron chi connectivity index (χ1n) is 9.32. The lowest BCUT2D eigenvalue weighted by atomic mass is 9.84. The lowest BCUT2D eigenvalue weighted by molar-refractivity contribution is -0.138. The van der Waals surface area contributed by atoms with Crippen molar-refractivity contribution in [2.45, 2.75) is 49.1 Å². The third kappa shape index (κ3) is 3.12. The molecule has 0 spiro atoms. The summed E-state index contributed by atoms with van der Waals surface area (Å²) in [5.41, 5.74) is 6.20. The third-order valence-electron chi connectivity index (χ3n) is 5.94. The van der Waals surface area contributed by atoms with Gasteiger partial charge in [0.25, 0.3) is 5.91 Å². The first-order chi connectivity index (χ1) is 13.0. The zero-order valence-corrected chi connectivity index (χ0v) is 15.6. The maximum absolute atomic E-state index is 13.6. The third-order valence-corrected chi connectivity index (χ3v) is 6.33. The highest BCUT2D eigenvalue weighted by Gasteiger charge is 2.53. The molecule has 3 aliphatic rings. The van der Waals surface area contributed by atoms with Gasteiger partial charge >= 0.3 is 0 Å². The van der Waals surface area contributed by atoms with Gasteiger partial charge in [-0.05, 0) is 30.9 Å². The van der Waals surface area contributed by atoms with Crippen molar-refractivity contribution >= 4 is 29.2 Å². The van der Waals surface area contributed by atoms with Crippen LogP contribution in [0.15, 0.2) is 18.3 Å². The molecule has 1 aromatic heterocycles. The van der Waals surface area contributed by atoms with E-state index in [1.165, 1.54) is 0 Å². The molecule has 3 fully saturated rings. The zero-order chi connectivity index (χ0) is 19.1. The minimum absolute atomic E-state index is 0.0213. The van der Waals surface area contributed by atoms with Gasteiger partial charge in [0.2, 0.25) is 5.91 Å². The molecular weight excluding hydrogens is 370 g/mol. The highest BCUT2D eigenvalue weighted by molar-refractivity contribution is 6.22. The molecule has 2 N–H and O–H groups in total. The molecule has 2 saturated heterocycles. The van der Waals surface area contributed by atoms with Crippen LogP contribution in [0.3, 0.4) is 0 Å². The summed E-state index contributed by atoms with van der Waals surface area (Å²) in [7, 11) is 0. The number of alkyl halides is 1. The lowest BCUT2D eigenvalue weighted by Gasteiger charge is -2.30. The van der Waals surface area contributed by atoms with E-state index in [1.807, 2.05) is 0 Å². The van der Waals surface area contributed by atoms with Crippen molar-refractivity contribution in [2.75, 3.05) is 13.2 Å². The van der Waals surface area contributed by atoms with Gasteiger partial charge in [0.05, 0.1) is 22.6 Å². The molecule has 4 rings (SSSR count). The predicted octanol–water partition coefficient (Wildman–Crippen LogP) is 1.24.